The standard InChI is InChI=1S/C19H22N2O2/c1-11(22)15-8-12-9-16-18-14(6-7-21(23,10-12)19(15)16)13-4-2-3-5-17(13)20-18/h2-5,12,15-16,19-20H,6-10H2,1H3/t12-,15+,16+,19+,21-/m1/s1. The molecule has 4 heterocycles. The van der Waals surface area contributed by atoms with Crippen molar-refractivity contribution < 1.29 is 9.44 Å². The monoisotopic (exact) mass is 310 g/mol. The van der Waals surface area contributed by atoms with E-state index in [0.29, 0.717) is 19.0 Å². The van der Waals surface area contributed by atoms with Crippen LogP contribution >= 0.6 is 0 Å². The summed E-state index contributed by atoms with van der Waals surface area (Å²) in [6, 6.07) is 8.32. The van der Waals surface area contributed by atoms with Crippen molar-refractivity contribution in [1.29, 1.82) is 0 Å². The van der Waals surface area contributed by atoms with E-state index in [-0.39, 0.29) is 28.3 Å². The van der Waals surface area contributed by atoms with Gasteiger partial charge in [-0.2, -0.15) is 0 Å². The molecule has 1 aromatic heterocycles. The van der Waals surface area contributed by atoms with E-state index in [1.165, 1.54) is 22.2 Å². The molecule has 0 spiro atoms. The summed E-state index contributed by atoms with van der Waals surface area (Å²) in [7, 11) is 0. The second-order valence-corrected chi connectivity index (χ2v) is 7.82. The number of rotatable bonds is 1. The van der Waals surface area contributed by atoms with E-state index in [0.717, 1.165) is 19.3 Å². The molecular formula is C19H22N2O2. The zero-order valence-electron chi connectivity index (χ0n) is 13.4. The number of hydroxylamine groups is 3. The van der Waals surface area contributed by atoms with Gasteiger partial charge in [-0.05, 0) is 31.4 Å². The molecule has 2 aromatic rings. The fraction of sp³-hybridized carbons (Fsp3) is 0.526. The largest absolute Gasteiger partial charge is 0.633 e. The number of piperidine rings is 2. The molecule has 4 heteroatoms. The van der Waals surface area contributed by atoms with Crippen LogP contribution in [0.1, 0.15) is 36.9 Å². The van der Waals surface area contributed by atoms with Crippen LogP contribution in [0.4, 0.5) is 0 Å². The van der Waals surface area contributed by atoms with E-state index < -0.39 is 0 Å². The summed E-state index contributed by atoms with van der Waals surface area (Å²) in [5.74, 6) is 0.775. The van der Waals surface area contributed by atoms with Crippen molar-refractivity contribution in [3.05, 3.63) is 40.7 Å². The van der Waals surface area contributed by atoms with Crippen LogP contribution in [0.15, 0.2) is 24.3 Å². The summed E-state index contributed by atoms with van der Waals surface area (Å²) in [5.41, 5.74) is 3.75. The SMILES string of the molecule is CC(=O)[C@@H]1C[C@@H]2C[C@H]3c4[nH]c5ccccc5c4CC[N@@+]([O-])(C2)[C@@H]13. The second-order valence-electron chi connectivity index (χ2n) is 7.82. The predicted octanol–water partition coefficient (Wildman–Crippen LogP) is 3.12. The van der Waals surface area contributed by atoms with Gasteiger partial charge >= 0.3 is 0 Å². The number of carbonyl (C=O) groups is 1. The zero-order valence-corrected chi connectivity index (χ0v) is 13.4. The van der Waals surface area contributed by atoms with Gasteiger partial charge in [0.25, 0.3) is 0 Å². The van der Waals surface area contributed by atoms with Gasteiger partial charge in [-0.3, -0.25) is 4.79 Å². The Hall–Kier alpha value is -1.65. The molecule has 0 radical (unpaired) electrons. The van der Waals surface area contributed by atoms with Crippen molar-refractivity contribution in [3.63, 3.8) is 0 Å². The maximum Gasteiger partial charge on any atom is 0.138 e. The van der Waals surface area contributed by atoms with Gasteiger partial charge in [0.1, 0.15) is 11.8 Å². The number of para-hydroxylation sites is 1. The first kappa shape index (κ1) is 13.8. The van der Waals surface area contributed by atoms with Crippen LogP contribution in [-0.4, -0.2) is 34.5 Å². The second kappa shape index (κ2) is 4.46. The van der Waals surface area contributed by atoms with Gasteiger partial charge in [-0.25, -0.2) is 0 Å². The maximum absolute atomic E-state index is 13.6. The molecule has 5 atom stereocenters. The minimum Gasteiger partial charge on any atom is -0.633 e. The van der Waals surface area contributed by atoms with Crippen LogP contribution < -0.4 is 0 Å². The number of hydrogen-bond acceptors (Lipinski definition) is 2. The van der Waals surface area contributed by atoms with Crippen molar-refractivity contribution in [3.8, 4) is 0 Å². The summed E-state index contributed by atoms with van der Waals surface area (Å²) in [5, 5.41) is 14.8. The van der Waals surface area contributed by atoms with Crippen LogP contribution in [0.25, 0.3) is 10.9 Å². The molecule has 2 saturated heterocycles. The molecule has 1 aromatic carbocycles. The molecule has 1 saturated carbocycles. The molecule has 3 aliphatic heterocycles. The number of fused-ring (bicyclic) bond motifs is 4. The van der Waals surface area contributed by atoms with E-state index in [4.69, 9.17) is 0 Å². The number of ketones is 1. The number of hydrogen-bond donors (Lipinski definition) is 1. The minimum atomic E-state index is -0.142. The molecule has 6 rings (SSSR count). The van der Waals surface area contributed by atoms with Crippen molar-refractivity contribution >= 4 is 16.7 Å². The van der Waals surface area contributed by atoms with Gasteiger partial charge in [0.2, 0.25) is 0 Å². The summed E-state index contributed by atoms with van der Waals surface area (Å²) in [4.78, 5) is 15.8. The van der Waals surface area contributed by atoms with Gasteiger partial charge in [0.15, 0.2) is 0 Å². The molecule has 0 unspecified atom stereocenters. The van der Waals surface area contributed by atoms with Crippen molar-refractivity contribution in [2.75, 3.05) is 13.1 Å². The highest BCUT2D eigenvalue weighted by Crippen LogP contribution is 2.53. The topological polar surface area (TPSA) is 55.9 Å². The van der Waals surface area contributed by atoms with Crippen LogP contribution in [0.2, 0.25) is 0 Å². The fourth-order valence-corrected chi connectivity index (χ4v) is 5.78. The lowest BCUT2D eigenvalue weighted by molar-refractivity contribution is -0.924. The Morgan fingerprint density at radius 3 is 2.96 bits per heavy atom. The highest BCUT2D eigenvalue weighted by molar-refractivity contribution is 5.85. The van der Waals surface area contributed by atoms with Gasteiger partial charge in [-0.1, -0.05) is 18.2 Å². The van der Waals surface area contributed by atoms with Gasteiger partial charge < -0.3 is 14.8 Å². The predicted molar refractivity (Wildman–Crippen MR) is 88.8 cm³/mol. The Morgan fingerprint density at radius 2 is 2.13 bits per heavy atom. The Balaban J connectivity index is 1.72. The number of nitrogens with one attached hydrogen (secondary N) is 1. The van der Waals surface area contributed by atoms with Crippen LogP contribution in [0.3, 0.4) is 0 Å². The Labute approximate surface area is 135 Å². The number of quaternary nitrogens is 1. The lowest BCUT2D eigenvalue weighted by atomic mass is 9.64. The average molecular weight is 310 g/mol. The molecule has 4 aliphatic rings. The number of benzene rings is 1. The first-order valence-corrected chi connectivity index (χ1v) is 8.74. The lowest BCUT2D eigenvalue weighted by Gasteiger charge is -2.61. The van der Waals surface area contributed by atoms with E-state index in [2.05, 4.69) is 29.2 Å². The van der Waals surface area contributed by atoms with E-state index in [9.17, 15) is 10.0 Å². The van der Waals surface area contributed by atoms with Crippen molar-refractivity contribution in [1.82, 2.24) is 4.98 Å². The number of aromatic nitrogens is 1. The third kappa shape index (κ3) is 1.76. The summed E-state index contributed by atoms with van der Waals surface area (Å²) in [6.07, 6.45) is 2.82. The van der Waals surface area contributed by atoms with Gasteiger partial charge in [-0.15, -0.1) is 0 Å². The third-order valence-corrected chi connectivity index (χ3v) is 6.59. The van der Waals surface area contributed by atoms with Gasteiger partial charge in [0.05, 0.1) is 24.9 Å². The van der Waals surface area contributed by atoms with E-state index in [1.807, 2.05) is 0 Å². The zero-order chi connectivity index (χ0) is 15.8. The molecule has 23 heavy (non-hydrogen) atoms. The summed E-state index contributed by atoms with van der Waals surface area (Å²) < 4.78 is -0.142. The minimum absolute atomic E-state index is 0.0534. The quantitative estimate of drug-likeness (QED) is 0.650. The van der Waals surface area contributed by atoms with Gasteiger partial charge in [0, 0.05) is 28.9 Å². The van der Waals surface area contributed by atoms with Crippen LogP contribution in [0, 0.1) is 17.0 Å². The number of H-pyrrole nitrogens is 1. The van der Waals surface area contributed by atoms with E-state index in [1.54, 1.807) is 6.92 Å². The summed E-state index contributed by atoms with van der Waals surface area (Å²) in [6.45, 7) is 3.01. The average Bonchev–Trinajstić information content (AvgIpc) is 2.87. The van der Waals surface area contributed by atoms with Crippen LogP contribution in [-0.2, 0) is 11.2 Å². The van der Waals surface area contributed by atoms with Crippen LogP contribution in [0.5, 0.6) is 0 Å². The highest BCUT2D eigenvalue weighted by Gasteiger charge is 2.56. The molecular weight excluding hydrogens is 288 g/mol. The summed E-state index contributed by atoms with van der Waals surface area (Å²) >= 11 is 0. The Morgan fingerprint density at radius 1 is 1.30 bits per heavy atom. The normalized spacial score (nSPS) is 38.3. The first-order chi connectivity index (χ1) is 11.1. The number of Topliss-reactive ketones (excluding diaryl/α,β-unsaturated/α-hetero) is 1. The number of aromatic amines is 1. The highest BCUT2D eigenvalue weighted by atomic mass is 16.5. The van der Waals surface area contributed by atoms with E-state index >= 15 is 0 Å². The first-order valence-electron chi connectivity index (χ1n) is 8.74. The number of nitrogens with zero attached hydrogens (tertiary/aromatic N) is 1. The Bertz CT molecular complexity index is 811. The number of carbonyl (C=O) groups excluding carboxylic acids is 1. The molecule has 120 valence electrons. The molecule has 4 nitrogen and oxygen atoms in total. The smallest absolute Gasteiger partial charge is 0.138 e. The maximum atomic E-state index is 13.6. The third-order valence-electron chi connectivity index (χ3n) is 6.59. The molecule has 4 bridgehead atoms. The van der Waals surface area contributed by atoms with Crippen molar-refractivity contribution in [2.24, 2.45) is 11.8 Å². The molecule has 1 N–H and O–H groups in total. The fourth-order valence-electron chi connectivity index (χ4n) is 5.78. The molecule has 1 aliphatic carbocycles. The van der Waals surface area contributed by atoms with Crippen molar-refractivity contribution in [2.45, 2.75) is 38.1 Å². The molecule has 0 amide bonds. The lowest BCUT2D eigenvalue weighted by Crippen LogP contribution is -2.66. The molecule has 3 fully saturated rings. The Kier molecular flexibility index (Phi) is 2.67.